The van der Waals surface area contributed by atoms with Gasteiger partial charge < -0.3 is 10.6 Å². The third kappa shape index (κ3) is 9.91. The number of nitrogens with two attached hydrogens (primary N) is 1. The van der Waals surface area contributed by atoms with E-state index in [4.69, 9.17) is 5.73 Å². The van der Waals surface area contributed by atoms with Crippen LogP contribution in [0.4, 0.5) is 5.82 Å². The van der Waals surface area contributed by atoms with Crippen molar-refractivity contribution in [3.8, 4) is 0 Å². The van der Waals surface area contributed by atoms with Crippen molar-refractivity contribution >= 4 is 5.82 Å². The number of hydrogen-bond donors (Lipinski definition) is 1. The fourth-order valence-corrected chi connectivity index (χ4v) is 1.97. The molecule has 0 spiro atoms. The standard InChI is InChI=1S/C8H13N3.C6H8N2.C5H7N3/c1-7-8(5-11(2)3)4-9-6-10-7;1-5-3-4-7-6(2)8-5;1-4-2-5(6)8-3-7-4/h4,6H,5H2,1-3H3;3-4H,1-2H3;2-3H,1H3,(H2,6,7,8). The van der Waals surface area contributed by atoms with Crippen LogP contribution in [-0.2, 0) is 6.54 Å². The monoisotopic (exact) mass is 368 g/mol. The molecule has 0 fully saturated rings. The van der Waals surface area contributed by atoms with Crippen LogP contribution < -0.4 is 5.73 Å². The number of hydrogen-bond acceptors (Lipinski definition) is 8. The normalized spacial score (nSPS) is 9.74. The van der Waals surface area contributed by atoms with Gasteiger partial charge in [-0.2, -0.15) is 0 Å². The van der Waals surface area contributed by atoms with Crippen LogP contribution in [0.15, 0.2) is 37.2 Å². The van der Waals surface area contributed by atoms with Crippen LogP contribution in [0.5, 0.6) is 0 Å². The van der Waals surface area contributed by atoms with Gasteiger partial charge in [0.05, 0.1) is 0 Å². The van der Waals surface area contributed by atoms with E-state index in [0.717, 1.165) is 29.5 Å². The molecule has 0 saturated heterocycles. The highest BCUT2D eigenvalue weighted by atomic mass is 15.1. The lowest BCUT2D eigenvalue weighted by atomic mass is 10.2. The zero-order valence-electron chi connectivity index (χ0n) is 16.9. The van der Waals surface area contributed by atoms with Crippen LogP contribution in [0, 0.1) is 27.7 Å². The third-order valence-electron chi connectivity index (χ3n) is 3.24. The van der Waals surface area contributed by atoms with Gasteiger partial charge in [-0.1, -0.05) is 0 Å². The molecule has 0 aliphatic heterocycles. The first-order valence-electron chi connectivity index (χ1n) is 8.48. The van der Waals surface area contributed by atoms with E-state index in [-0.39, 0.29) is 0 Å². The largest absolute Gasteiger partial charge is 0.384 e. The predicted molar refractivity (Wildman–Crippen MR) is 107 cm³/mol. The molecule has 0 bridgehead atoms. The molecule has 0 atom stereocenters. The molecule has 3 heterocycles. The highest BCUT2D eigenvalue weighted by molar-refractivity contribution is 5.26. The average molecular weight is 368 g/mol. The molecule has 0 amide bonds. The van der Waals surface area contributed by atoms with E-state index < -0.39 is 0 Å². The molecule has 3 aromatic heterocycles. The van der Waals surface area contributed by atoms with Crippen molar-refractivity contribution < 1.29 is 0 Å². The number of rotatable bonds is 2. The van der Waals surface area contributed by atoms with Crippen LogP contribution in [0.25, 0.3) is 0 Å². The van der Waals surface area contributed by atoms with E-state index in [1.165, 1.54) is 11.9 Å². The summed E-state index contributed by atoms with van der Waals surface area (Å²) in [7, 11) is 4.07. The maximum Gasteiger partial charge on any atom is 0.126 e. The van der Waals surface area contributed by atoms with Gasteiger partial charge in [0, 0.05) is 47.7 Å². The molecule has 0 unspecified atom stereocenters. The van der Waals surface area contributed by atoms with Crippen LogP contribution >= 0.6 is 0 Å². The predicted octanol–water partition coefficient (Wildman–Crippen LogP) is 2.31. The Kier molecular flexibility index (Phi) is 9.46. The average Bonchev–Trinajstić information content (AvgIpc) is 2.57. The lowest BCUT2D eigenvalue weighted by Gasteiger charge is -2.09. The van der Waals surface area contributed by atoms with Gasteiger partial charge in [0.1, 0.15) is 24.3 Å². The molecular formula is C19H28N8. The van der Waals surface area contributed by atoms with Crippen LogP contribution in [0.3, 0.4) is 0 Å². The summed E-state index contributed by atoms with van der Waals surface area (Å²) in [5.74, 6) is 1.36. The summed E-state index contributed by atoms with van der Waals surface area (Å²) in [6, 6.07) is 3.60. The molecule has 0 radical (unpaired) electrons. The maximum atomic E-state index is 5.31. The minimum atomic E-state index is 0.525. The van der Waals surface area contributed by atoms with Crippen molar-refractivity contribution in [1.82, 2.24) is 34.8 Å². The molecule has 8 nitrogen and oxygen atoms in total. The lowest BCUT2D eigenvalue weighted by Crippen LogP contribution is -2.12. The molecule has 0 aliphatic rings. The first kappa shape index (κ1) is 22.0. The summed E-state index contributed by atoms with van der Waals surface area (Å²) < 4.78 is 0. The molecule has 0 aliphatic carbocycles. The Morgan fingerprint density at radius 1 is 0.926 bits per heavy atom. The lowest BCUT2D eigenvalue weighted by molar-refractivity contribution is 0.400. The third-order valence-corrected chi connectivity index (χ3v) is 3.24. The molecule has 3 aromatic rings. The van der Waals surface area contributed by atoms with Crippen molar-refractivity contribution in [2.24, 2.45) is 0 Å². The summed E-state index contributed by atoms with van der Waals surface area (Å²) in [6.45, 7) is 8.62. The number of aryl methyl sites for hydroxylation is 4. The van der Waals surface area contributed by atoms with Crippen molar-refractivity contribution in [2.75, 3.05) is 19.8 Å². The number of anilines is 1. The van der Waals surface area contributed by atoms with E-state index in [0.29, 0.717) is 5.82 Å². The fraction of sp³-hybridized carbons (Fsp3) is 0.368. The SMILES string of the molecule is Cc1cc(N)ncn1.Cc1ccnc(C)n1.Cc1ncncc1CN(C)C. The second-order valence-electron chi connectivity index (χ2n) is 6.20. The second kappa shape index (κ2) is 11.6. The highest BCUT2D eigenvalue weighted by Crippen LogP contribution is 2.02. The molecule has 3 rings (SSSR count). The first-order chi connectivity index (χ1) is 12.8. The van der Waals surface area contributed by atoms with E-state index in [2.05, 4.69) is 34.8 Å². The minimum Gasteiger partial charge on any atom is -0.384 e. The zero-order valence-corrected chi connectivity index (χ0v) is 16.9. The topological polar surface area (TPSA) is 107 Å². The Labute approximate surface area is 161 Å². The highest BCUT2D eigenvalue weighted by Gasteiger charge is 1.98. The van der Waals surface area contributed by atoms with Gasteiger partial charge in [-0.25, -0.2) is 29.9 Å². The molecular weight excluding hydrogens is 340 g/mol. The fourth-order valence-electron chi connectivity index (χ4n) is 1.97. The Morgan fingerprint density at radius 3 is 2.11 bits per heavy atom. The molecule has 144 valence electrons. The molecule has 0 saturated carbocycles. The number of aromatic nitrogens is 6. The summed E-state index contributed by atoms with van der Waals surface area (Å²) in [5.41, 5.74) is 9.49. The number of nitrogen functional groups attached to an aromatic ring is 1. The van der Waals surface area contributed by atoms with Crippen LogP contribution in [0.2, 0.25) is 0 Å². The van der Waals surface area contributed by atoms with Crippen molar-refractivity contribution in [3.05, 3.63) is 65.7 Å². The summed E-state index contributed by atoms with van der Waals surface area (Å²) >= 11 is 0. The van der Waals surface area contributed by atoms with Gasteiger partial charge in [-0.15, -0.1) is 0 Å². The summed E-state index contributed by atoms with van der Waals surface area (Å²) in [5, 5.41) is 0. The van der Waals surface area contributed by atoms with Crippen LogP contribution in [-0.4, -0.2) is 48.9 Å². The molecule has 27 heavy (non-hydrogen) atoms. The summed E-state index contributed by atoms with van der Waals surface area (Å²) in [4.78, 5) is 25.7. The van der Waals surface area contributed by atoms with Gasteiger partial charge in [0.25, 0.3) is 0 Å². The first-order valence-corrected chi connectivity index (χ1v) is 8.48. The maximum absolute atomic E-state index is 5.31. The Bertz CT molecular complexity index is 742. The van der Waals surface area contributed by atoms with Gasteiger partial charge in [0.15, 0.2) is 0 Å². The van der Waals surface area contributed by atoms with Crippen molar-refractivity contribution in [2.45, 2.75) is 34.2 Å². The number of nitrogens with zero attached hydrogens (tertiary/aromatic N) is 7. The van der Waals surface area contributed by atoms with Gasteiger partial charge in [-0.3, -0.25) is 0 Å². The Hall–Kier alpha value is -3.00. The van der Waals surface area contributed by atoms with Crippen molar-refractivity contribution in [1.29, 1.82) is 0 Å². The zero-order chi connectivity index (χ0) is 20.2. The summed E-state index contributed by atoms with van der Waals surface area (Å²) in [6.07, 6.45) is 6.65. The Morgan fingerprint density at radius 2 is 1.67 bits per heavy atom. The van der Waals surface area contributed by atoms with Gasteiger partial charge in [-0.05, 0) is 47.9 Å². The smallest absolute Gasteiger partial charge is 0.126 e. The molecule has 2 N–H and O–H groups in total. The van der Waals surface area contributed by atoms with E-state index in [9.17, 15) is 0 Å². The van der Waals surface area contributed by atoms with Crippen LogP contribution in [0.1, 0.15) is 28.5 Å². The Balaban J connectivity index is 0.000000206. The minimum absolute atomic E-state index is 0.525. The van der Waals surface area contributed by atoms with E-state index in [1.807, 2.05) is 54.1 Å². The molecule has 0 aromatic carbocycles. The van der Waals surface area contributed by atoms with Gasteiger partial charge >= 0.3 is 0 Å². The quantitative estimate of drug-likeness (QED) is 0.734. The molecule has 8 heteroatoms. The van der Waals surface area contributed by atoms with E-state index >= 15 is 0 Å². The second-order valence-corrected chi connectivity index (χ2v) is 6.20. The van der Waals surface area contributed by atoms with E-state index in [1.54, 1.807) is 18.6 Å². The van der Waals surface area contributed by atoms with Crippen molar-refractivity contribution in [3.63, 3.8) is 0 Å². The van der Waals surface area contributed by atoms with Gasteiger partial charge in [0.2, 0.25) is 0 Å².